The summed E-state index contributed by atoms with van der Waals surface area (Å²) in [6.07, 6.45) is 6.14. The van der Waals surface area contributed by atoms with Crippen LogP contribution in [0.1, 0.15) is 69.9 Å². The van der Waals surface area contributed by atoms with Gasteiger partial charge in [-0.05, 0) is 70.0 Å². The standard InChI is InChI=1S/C27H38ClN7O4S/c1-18-21(16-34(31-18)12-7-8-19-14-27(5,6)29-15-19)40(37,38)33-25(36)20-9-10-22(30-24(20)28)35-13-11-23(32-35)39-17-26(2,3)4/h9-11,13,16,19,29H,7-8,12,14-15,17H2,1-6H3,(H,33,36). The van der Waals surface area contributed by atoms with E-state index in [4.69, 9.17) is 16.3 Å². The van der Waals surface area contributed by atoms with Crippen LogP contribution >= 0.6 is 11.6 Å². The number of rotatable bonds is 10. The fourth-order valence-corrected chi connectivity index (χ4v) is 6.06. The third-order valence-corrected chi connectivity index (χ3v) is 8.34. The number of aromatic nitrogens is 5. The molecule has 13 heteroatoms. The molecule has 2 N–H and O–H groups in total. The van der Waals surface area contributed by atoms with Gasteiger partial charge in [-0.3, -0.25) is 9.48 Å². The van der Waals surface area contributed by atoms with Crippen LogP contribution in [0.15, 0.2) is 35.5 Å². The van der Waals surface area contributed by atoms with E-state index in [9.17, 15) is 13.2 Å². The molecule has 1 aliphatic rings. The molecule has 40 heavy (non-hydrogen) atoms. The molecule has 1 saturated heterocycles. The lowest BCUT2D eigenvalue weighted by Crippen LogP contribution is -2.31. The molecule has 218 valence electrons. The van der Waals surface area contributed by atoms with Crippen LogP contribution in [0.5, 0.6) is 5.88 Å². The fourth-order valence-electron chi connectivity index (χ4n) is 4.67. The number of hydrogen-bond acceptors (Lipinski definition) is 8. The van der Waals surface area contributed by atoms with Crippen LogP contribution in [0.4, 0.5) is 0 Å². The first-order valence-corrected chi connectivity index (χ1v) is 15.2. The molecule has 11 nitrogen and oxygen atoms in total. The summed E-state index contributed by atoms with van der Waals surface area (Å²) in [5.74, 6) is 0.485. The Morgan fingerprint density at radius 2 is 2.00 bits per heavy atom. The van der Waals surface area contributed by atoms with E-state index in [1.54, 1.807) is 23.9 Å². The van der Waals surface area contributed by atoms with E-state index in [-0.39, 0.29) is 26.6 Å². The number of aryl methyl sites for hydroxylation is 2. The maximum absolute atomic E-state index is 13.1. The second-order valence-electron chi connectivity index (χ2n) is 12.2. The summed E-state index contributed by atoms with van der Waals surface area (Å²) >= 11 is 6.28. The van der Waals surface area contributed by atoms with E-state index < -0.39 is 15.9 Å². The number of nitrogens with one attached hydrogen (secondary N) is 2. The van der Waals surface area contributed by atoms with Crippen molar-refractivity contribution >= 4 is 27.5 Å². The molecule has 1 amide bonds. The number of hydrogen-bond donors (Lipinski definition) is 2. The molecule has 1 atom stereocenters. The van der Waals surface area contributed by atoms with Crippen molar-refractivity contribution in [2.24, 2.45) is 11.3 Å². The van der Waals surface area contributed by atoms with Crippen LogP contribution < -0.4 is 14.8 Å². The maximum Gasteiger partial charge on any atom is 0.268 e. The van der Waals surface area contributed by atoms with Gasteiger partial charge in [0.15, 0.2) is 5.82 Å². The van der Waals surface area contributed by atoms with Crippen LogP contribution in [0, 0.1) is 18.3 Å². The van der Waals surface area contributed by atoms with Crippen LogP contribution in [0.25, 0.3) is 5.82 Å². The summed E-state index contributed by atoms with van der Waals surface area (Å²) in [7, 11) is -4.18. The summed E-state index contributed by atoms with van der Waals surface area (Å²) < 4.78 is 37.0. The lowest BCUT2D eigenvalue weighted by molar-refractivity contribution is 0.0981. The summed E-state index contributed by atoms with van der Waals surface area (Å²) in [6, 6.07) is 4.63. The summed E-state index contributed by atoms with van der Waals surface area (Å²) in [6.45, 7) is 14.2. The number of nitrogens with zero attached hydrogens (tertiary/aromatic N) is 5. The van der Waals surface area contributed by atoms with Crippen molar-refractivity contribution < 1.29 is 17.9 Å². The predicted molar refractivity (Wildman–Crippen MR) is 152 cm³/mol. The number of carbonyl (C=O) groups is 1. The zero-order valence-corrected chi connectivity index (χ0v) is 25.4. The van der Waals surface area contributed by atoms with Gasteiger partial charge in [-0.1, -0.05) is 32.4 Å². The first-order valence-electron chi connectivity index (χ1n) is 13.3. The van der Waals surface area contributed by atoms with Crippen molar-refractivity contribution in [1.29, 1.82) is 0 Å². The number of halogens is 1. The van der Waals surface area contributed by atoms with Gasteiger partial charge in [0.2, 0.25) is 5.88 Å². The lowest BCUT2D eigenvalue weighted by atomic mass is 9.94. The topological polar surface area (TPSA) is 133 Å². The molecule has 0 aliphatic carbocycles. The Morgan fingerprint density at radius 1 is 1.25 bits per heavy atom. The summed E-state index contributed by atoms with van der Waals surface area (Å²) in [5.41, 5.74) is 0.368. The van der Waals surface area contributed by atoms with Crippen molar-refractivity contribution in [1.82, 2.24) is 34.6 Å². The first kappa shape index (κ1) is 30.0. The Bertz CT molecular complexity index is 1470. The van der Waals surface area contributed by atoms with Gasteiger partial charge in [0, 0.05) is 30.5 Å². The van der Waals surface area contributed by atoms with E-state index >= 15 is 0 Å². The van der Waals surface area contributed by atoms with Gasteiger partial charge in [-0.2, -0.15) is 5.10 Å². The average Bonchev–Trinajstić information content (AvgIpc) is 3.55. The molecular formula is C27H38ClN7O4S. The van der Waals surface area contributed by atoms with Crippen molar-refractivity contribution in [3.8, 4) is 11.7 Å². The largest absolute Gasteiger partial charge is 0.476 e. The number of carbonyl (C=O) groups excluding carboxylic acids is 1. The van der Waals surface area contributed by atoms with Crippen LogP contribution in [-0.4, -0.2) is 57.6 Å². The lowest BCUT2D eigenvalue weighted by Gasteiger charge is -2.17. The molecule has 0 radical (unpaired) electrons. The normalized spacial score (nSPS) is 17.2. The van der Waals surface area contributed by atoms with Gasteiger partial charge < -0.3 is 10.1 Å². The quantitative estimate of drug-likeness (QED) is 0.336. The zero-order chi connectivity index (χ0) is 29.3. The van der Waals surface area contributed by atoms with E-state index in [1.165, 1.54) is 23.0 Å². The van der Waals surface area contributed by atoms with Gasteiger partial charge in [0.1, 0.15) is 10.0 Å². The Kier molecular flexibility index (Phi) is 8.63. The Hall–Kier alpha value is -2.96. The highest BCUT2D eigenvalue weighted by Crippen LogP contribution is 2.27. The van der Waals surface area contributed by atoms with Crippen LogP contribution in [0.3, 0.4) is 0 Å². The average molecular weight is 592 g/mol. The smallest absolute Gasteiger partial charge is 0.268 e. The Balaban J connectivity index is 1.38. The molecule has 0 bridgehead atoms. The van der Waals surface area contributed by atoms with Gasteiger partial charge in [0.05, 0.1) is 17.9 Å². The molecule has 1 fully saturated rings. The Morgan fingerprint density at radius 3 is 2.65 bits per heavy atom. The summed E-state index contributed by atoms with van der Waals surface area (Å²) in [5, 5.41) is 12.0. The van der Waals surface area contributed by atoms with E-state index in [2.05, 4.69) is 59.8 Å². The monoisotopic (exact) mass is 591 g/mol. The molecule has 1 unspecified atom stereocenters. The third-order valence-electron chi connectivity index (χ3n) is 6.62. The fraction of sp³-hybridized carbons (Fsp3) is 0.556. The molecule has 4 rings (SSSR count). The minimum Gasteiger partial charge on any atom is -0.476 e. The van der Waals surface area contributed by atoms with Gasteiger partial charge >= 0.3 is 0 Å². The molecule has 0 saturated carbocycles. The van der Waals surface area contributed by atoms with E-state index in [1.807, 2.05) is 0 Å². The number of amides is 1. The van der Waals surface area contributed by atoms with Crippen molar-refractivity contribution in [3.05, 3.63) is 47.0 Å². The summed E-state index contributed by atoms with van der Waals surface area (Å²) in [4.78, 5) is 17.1. The first-order chi connectivity index (χ1) is 18.6. The van der Waals surface area contributed by atoms with Crippen molar-refractivity contribution in [3.63, 3.8) is 0 Å². The Labute approximate surface area is 240 Å². The molecule has 3 aromatic rings. The molecular weight excluding hydrogens is 554 g/mol. The number of ether oxygens (including phenoxy) is 1. The minimum atomic E-state index is -4.18. The SMILES string of the molecule is Cc1nn(CCCC2CNC(C)(C)C2)cc1S(=O)(=O)NC(=O)c1ccc(-n2ccc(OCC(C)(C)C)n2)nc1Cl. The van der Waals surface area contributed by atoms with Crippen LogP contribution in [0.2, 0.25) is 5.15 Å². The van der Waals surface area contributed by atoms with Gasteiger partial charge in [0.25, 0.3) is 15.9 Å². The predicted octanol–water partition coefficient (Wildman–Crippen LogP) is 4.14. The van der Waals surface area contributed by atoms with Crippen molar-refractivity contribution in [2.75, 3.05) is 13.2 Å². The molecule has 3 aromatic heterocycles. The minimum absolute atomic E-state index is 0.0253. The maximum atomic E-state index is 13.1. The second-order valence-corrected chi connectivity index (χ2v) is 14.2. The number of sulfonamides is 1. The van der Waals surface area contributed by atoms with Crippen LogP contribution in [-0.2, 0) is 16.6 Å². The van der Waals surface area contributed by atoms with Gasteiger partial charge in [-0.25, -0.2) is 22.8 Å². The van der Waals surface area contributed by atoms with Gasteiger partial charge in [-0.15, -0.1) is 5.10 Å². The van der Waals surface area contributed by atoms with E-state index in [0.29, 0.717) is 36.5 Å². The molecule has 0 aromatic carbocycles. The van der Waals surface area contributed by atoms with E-state index in [0.717, 1.165) is 25.8 Å². The second kappa shape index (κ2) is 11.5. The van der Waals surface area contributed by atoms with Crippen molar-refractivity contribution in [2.45, 2.75) is 77.8 Å². The molecule has 0 spiro atoms. The zero-order valence-electron chi connectivity index (χ0n) is 23.9. The molecule has 4 heterocycles. The highest BCUT2D eigenvalue weighted by Gasteiger charge is 2.30. The number of pyridine rings is 1. The highest BCUT2D eigenvalue weighted by molar-refractivity contribution is 7.90. The highest BCUT2D eigenvalue weighted by atomic mass is 35.5. The molecule has 1 aliphatic heterocycles. The third kappa shape index (κ3) is 7.61.